The van der Waals surface area contributed by atoms with Crippen LogP contribution in [0.2, 0.25) is 0 Å². The summed E-state index contributed by atoms with van der Waals surface area (Å²) in [6.07, 6.45) is -2.84. The monoisotopic (exact) mass is 625 g/mol. The molecule has 6 amide bonds. The summed E-state index contributed by atoms with van der Waals surface area (Å²) in [5.74, 6) is -7.21. The van der Waals surface area contributed by atoms with Crippen LogP contribution in [0.5, 0.6) is 5.75 Å². The topological polar surface area (TPSA) is 327 Å². The molecule has 14 N–H and O–H groups in total. The second-order valence-corrected chi connectivity index (χ2v) is 9.92. The predicted octanol–water partition coefficient (Wildman–Crippen LogP) is -4.81. The van der Waals surface area contributed by atoms with E-state index >= 15 is 0 Å². The number of benzene rings is 1. The van der Waals surface area contributed by atoms with Crippen molar-refractivity contribution in [3.05, 3.63) is 29.8 Å². The molecule has 0 saturated carbocycles. The third-order valence-electron chi connectivity index (χ3n) is 6.22. The molecule has 0 fully saturated rings. The number of nitrogens with two attached hydrogens (primary N) is 3. The van der Waals surface area contributed by atoms with Crippen LogP contribution in [-0.4, -0.2) is 105 Å². The lowest BCUT2D eigenvalue weighted by atomic mass is 10.0. The molecule has 18 nitrogen and oxygen atoms in total. The fraction of sp³-hybridized carbons (Fsp3) is 0.500. The van der Waals surface area contributed by atoms with Gasteiger partial charge in [-0.3, -0.25) is 28.8 Å². The Bertz CT molecular complexity index is 1190. The lowest BCUT2D eigenvalue weighted by Gasteiger charge is -2.26. The van der Waals surface area contributed by atoms with E-state index in [1.807, 2.05) is 0 Å². The van der Waals surface area contributed by atoms with Gasteiger partial charge in [0.1, 0.15) is 29.9 Å². The summed E-state index contributed by atoms with van der Waals surface area (Å²) in [6.45, 7) is 0.114. The van der Waals surface area contributed by atoms with Crippen molar-refractivity contribution in [3.8, 4) is 5.75 Å². The molecule has 0 heterocycles. The van der Waals surface area contributed by atoms with E-state index in [1.54, 1.807) is 0 Å². The zero-order chi connectivity index (χ0) is 33.6. The first-order valence-electron chi connectivity index (χ1n) is 13.4. The van der Waals surface area contributed by atoms with E-state index in [1.165, 1.54) is 24.3 Å². The van der Waals surface area contributed by atoms with Gasteiger partial charge in [-0.2, -0.15) is 0 Å². The lowest BCUT2D eigenvalue weighted by molar-refractivity contribution is -0.143. The Balaban J connectivity index is 2.98. The van der Waals surface area contributed by atoms with Crippen LogP contribution in [0.15, 0.2) is 24.3 Å². The maximum Gasteiger partial charge on any atom is 0.326 e. The molecule has 0 saturated heterocycles. The molecule has 0 radical (unpaired) electrons. The molecule has 0 bridgehead atoms. The number of phenols is 1. The molecule has 6 atom stereocenters. The van der Waals surface area contributed by atoms with Crippen molar-refractivity contribution in [2.75, 3.05) is 6.61 Å². The Morgan fingerprint density at radius 1 is 0.750 bits per heavy atom. The summed E-state index contributed by atoms with van der Waals surface area (Å²) >= 11 is 0. The number of phenolic OH excluding ortho intramolecular Hbond substituents is 1. The van der Waals surface area contributed by atoms with E-state index in [0.29, 0.717) is 5.56 Å². The zero-order valence-electron chi connectivity index (χ0n) is 23.9. The highest BCUT2D eigenvalue weighted by atomic mass is 16.4. The number of carbonyl (C=O) groups is 7. The van der Waals surface area contributed by atoms with Crippen LogP contribution >= 0.6 is 0 Å². The molecule has 0 aliphatic rings. The van der Waals surface area contributed by atoms with Crippen LogP contribution in [0.1, 0.15) is 38.2 Å². The molecule has 1 rings (SSSR count). The molecule has 1 aromatic rings. The number of hydrogen-bond acceptors (Lipinski definition) is 11. The maximum atomic E-state index is 12.9. The number of aliphatic hydroxyl groups excluding tert-OH is 2. The molecule has 0 spiro atoms. The molecule has 1 aromatic carbocycles. The second-order valence-electron chi connectivity index (χ2n) is 9.92. The Morgan fingerprint density at radius 3 is 1.75 bits per heavy atom. The van der Waals surface area contributed by atoms with E-state index in [0.717, 1.165) is 6.92 Å². The van der Waals surface area contributed by atoms with Crippen LogP contribution in [0, 0.1) is 0 Å². The number of carbonyl (C=O) groups excluding carboxylic acids is 6. The molecule has 0 aliphatic heterocycles. The predicted molar refractivity (Wildman–Crippen MR) is 151 cm³/mol. The van der Waals surface area contributed by atoms with E-state index in [-0.39, 0.29) is 37.9 Å². The fourth-order valence-electron chi connectivity index (χ4n) is 3.72. The minimum absolute atomic E-state index is 0.0579. The number of aliphatic hydroxyl groups is 2. The first-order chi connectivity index (χ1) is 20.5. The lowest BCUT2D eigenvalue weighted by Crippen LogP contribution is -2.61. The van der Waals surface area contributed by atoms with Gasteiger partial charge in [0.2, 0.25) is 35.4 Å². The zero-order valence-corrected chi connectivity index (χ0v) is 23.9. The number of primary amides is 2. The maximum absolute atomic E-state index is 12.9. The van der Waals surface area contributed by atoms with Crippen molar-refractivity contribution < 1.29 is 54.0 Å². The molecular weight excluding hydrogens is 586 g/mol. The third-order valence-corrected chi connectivity index (χ3v) is 6.22. The number of carboxylic acid groups (broad SMARTS) is 1. The number of amides is 6. The van der Waals surface area contributed by atoms with Crippen LogP contribution in [0.4, 0.5) is 0 Å². The number of aromatic hydroxyl groups is 1. The smallest absolute Gasteiger partial charge is 0.326 e. The summed E-state index contributed by atoms with van der Waals surface area (Å²) in [6, 6.07) is -2.17. The van der Waals surface area contributed by atoms with Gasteiger partial charge < -0.3 is 58.9 Å². The number of nitrogens with one attached hydrogen (secondary N) is 4. The van der Waals surface area contributed by atoms with Gasteiger partial charge in [0.25, 0.3) is 0 Å². The van der Waals surface area contributed by atoms with E-state index in [4.69, 9.17) is 17.2 Å². The molecule has 244 valence electrons. The standard InChI is InChI=1S/C26H39N7O11/c1-12(35)21(25(42)31-17(26(43)44)10-13-2-4-14(36)5-3-13)33-24(41)18(11-34)32-23(40)16(7-9-20(29)38)30-22(39)15(27)6-8-19(28)37/h2-5,12,15-18,21,34-36H,6-11,27H2,1H3,(H2,28,37)(H2,29,38)(H,30,39)(H,31,42)(H,32,40)(H,33,41)(H,43,44)/t12-,15+,16+,17+,18+,21+/m1/s1. The number of aliphatic carboxylic acids is 1. The van der Waals surface area contributed by atoms with Crippen molar-refractivity contribution in [2.24, 2.45) is 17.2 Å². The largest absolute Gasteiger partial charge is 0.508 e. The van der Waals surface area contributed by atoms with Gasteiger partial charge in [-0.25, -0.2) is 4.79 Å². The summed E-state index contributed by atoms with van der Waals surface area (Å²) in [4.78, 5) is 85.1. The minimum Gasteiger partial charge on any atom is -0.508 e. The molecule has 0 aliphatic carbocycles. The first-order valence-corrected chi connectivity index (χ1v) is 13.4. The van der Waals surface area contributed by atoms with Gasteiger partial charge in [-0.05, 0) is 37.5 Å². The second kappa shape index (κ2) is 18.0. The van der Waals surface area contributed by atoms with Crippen molar-refractivity contribution in [2.45, 2.75) is 75.3 Å². The Labute approximate surface area is 251 Å². The normalized spacial score (nSPS) is 14.9. The van der Waals surface area contributed by atoms with E-state index < -0.39 is 84.3 Å². The number of carboxylic acids is 1. The SMILES string of the molecule is C[C@@H](O)[C@H](NC(=O)[C@H](CO)NC(=O)[C@H](CCC(N)=O)NC(=O)[C@@H](N)CCC(N)=O)C(=O)N[C@@H](Cc1ccc(O)cc1)C(=O)O. The van der Waals surface area contributed by atoms with Gasteiger partial charge in [-0.1, -0.05) is 12.1 Å². The van der Waals surface area contributed by atoms with Crippen LogP contribution < -0.4 is 38.5 Å². The molecular formula is C26H39N7O11. The van der Waals surface area contributed by atoms with E-state index in [2.05, 4.69) is 21.3 Å². The first kappa shape index (κ1) is 37.2. The molecule has 44 heavy (non-hydrogen) atoms. The van der Waals surface area contributed by atoms with Crippen molar-refractivity contribution in [1.82, 2.24) is 21.3 Å². The van der Waals surface area contributed by atoms with Crippen LogP contribution in [0.3, 0.4) is 0 Å². The number of hydrogen-bond donors (Lipinski definition) is 11. The fourth-order valence-corrected chi connectivity index (χ4v) is 3.72. The minimum atomic E-state index is -1.74. The quantitative estimate of drug-likeness (QED) is 0.0690. The summed E-state index contributed by atoms with van der Waals surface area (Å²) in [7, 11) is 0. The van der Waals surface area contributed by atoms with E-state index in [9.17, 15) is 54.0 Å². The van der Waals surface area contributed by atoms with Crippen LogP contribution in [-0.2, 0) is 40.0 Å². The highest BCUT2D eigenvalue weighted by molar-refractivity contribution is 5.96. The molecule has 0 unspecified atom stereocenters. The van der Waals surface area contributed by atoms with Crippen LogP contribution in [0.25, 0.3) is 0 Å². The highest BCUT2D eigenvalue weighted by Gasteiger charge is 2.33. The summed E-state index contributed by atoms with van der Waals surface area (Å²) in [5, 5.41) is 47.7. The average Bonchev–Trinajstić information content (AvgIpc) is 2.95. The van der Waals surface area contributed by atoms with Gasteiger partial charge in [-0.15, -0.1) is 0 Å². The molecule has 0 aromatic heterocycles. The summed E-state index contributed by atoms with van der Waals surface area (Å²) < 4.78 is 0. The summed E-state index contributed by atoms with van der Waals surface area (Å²) in [5.41, 5.74) is 16.3. The average molecular weight is 626 g/mol. The highest BCUT2D eigenvalue weighted by Crippen LogP contribution is 2.12. The van der Waals surface area contributed by atoms with Gasteiger partial charge >= 0.3 is 5.97 Å². The molecule has 18 heteroatoms. The Morgan fingerprint density at radius 2 is 1.25 bits per heavy atom. The van der Waals surface area contributed by atoms with Gasteiger partial charge in [0.05, 0.1) is 18.8 Å². The Hall–Kier alpha value is -4.81. The van der Waals surface area contributed by atoms with Crippen molar-refractivity contribution in [3.63, 3.8) is 0 Å². The Kier molecular flexibility index (Phi) is 15.2. The van der Waals surface area contributed by atoms with Gasteiger partial charge in [0, 0.05) is 19.3 Å². The number of rotatable bonds is 19. The van der Waals surface area contributed by atoms with Crippen molar-refractivity contribution in [1.29, 1.82) is 0 Å². The third kappa shape index (κ3) is 13.0. The van der Waals surface area contributed by atoms with Gasteiger partial charge in [0.15, 0.2) is 0 Å². The van der Waals surface area contributed by atoms with Crippen molar-refractivity contribution >= 4 is 41.4 Å².